The number of amides is 2. The molecule has 1 aromatic heterocycles. The largest absolute Gasteiger partial charge is 0.368 e. The first-order chi connectivity index (χ1) is 10.1. The fraction of sp³-hybridized carbons (Fsp3) is 0.188. The van der Waals surface area contributed by atoms with Gasteiger partial charge in [-0.3, -0.25) is 14.6 Å². The van der Waals surface area contributed by atoms with Crippen LogP contribution in [-0.2, 0) is 11.2 Å². The highest BCUT2D eigenvalue weighted by Crippen LogP contribution is 2.07. The molecule has 2 rings (SSSR count). The maximum Gasteiger partial charge on any atom is 0.270 e. The number of pyridine rings is 1. The standard InChI is InChI=1S/C16H17N3O2/c1-11-5-7-12(8-6-11)10-14(15(17)20)19-16(21)13-4-2-3-9-18-13/h2-9,14H,10H2,1H3,(H2,17,20)(H,19,21)/t14-/m1/s1. The number of carbonyl (C=O) groups is 2. The van der Waals surface area contributed by atoms with E-state index in [0.29, 0.717) is 6.42 Å². The summed E-state index contributed by atoms with van der Waals surface area (Å²) in [6.07, 6.45) is 1.88. The van der Waals surface area contributed by atoms with E-state index < -0.39 is 17.9 Å². The first kappa shape index (κ1) is 14.7. The third-order valence-corrected chi connectivity index (χ3v) is 3.11. The minimum absolute atomic E-state index is 0.257. The molecule has 1 atom stereocenters. The Hall–Kier alpha value is -2.69. The Balaban J connectivity index is 2.07. The molecule has 5 heteroatoms. The molecule has 0 fully saturated rings. The predicted octanol–water partition coefficient (Wildman–Crippen LogP) is 1.22. The van der Waals surface area contributed by atoms with E-state index in [1.807, 2.05) is 31.2 Å². The van der Waals surface area contributed by atoms with Crippen LogP contribution in [0, 0.1) is 6.92 Å². The number of benzene rings is 1. The lowest BCUT2D eigenvalue weighted by molar-refractivity contribution is -0.119. The molecule has 0 spiro atoms. The zero-order valence-corrected chi connectivity index (χ0v) is 11.7. The number of carbonyl (C=O) groups excluding carboxylic acids is 2. The lowest BCUT2D eigenvalue weighted by Gasteiger charge is -2.15. The van der Waals surface area contributed by atoms with Gasteiger partial charge in [0.15, 0.2) is 0 Å². The van der Waals surface area contributed by atoms with Crippen LogP contribution in [0.3, 0.4) is 0 Å². The zero-order valence-electron chi connectivity index (χ0n) is 11.7. The number of rotatable bonds is 5. The molecule has 1 heterocycles. The Morgan fingerprint density at radius 3 is 2.48 bits per heavy atom. The summed E-state index contributed by atoms with van der Waals surface area (Å²) >= 11 is 0. The zero-order chi connectivity index (χ0) is 15.2. The van der Waals surface area contributed by atoms with E-state index in [-0.39, 0.29) is 5.69 Å². The van der Waals surface area contributed by atoms with E-state index in [9.17, 15) is 9.59 Å². The van der Waals surface area contributed by atoms with Crippen LogP contribution in [-0.4, -0.2) is 22.8 Å². The van der Waals surface area contributed by atoms with Gasteiger partial charge in [-0.1, -0.05) is 35.9 Å². The topological polar surface area (TPSA) is 85.1 Å². The van der Waals surface area contributed by atoms with Gasteiger partial charge >= 0.3 is 0 Å². The summed E-state index contributed by atoms with van der Waals surface area (Å²) in [5.74, 6) is -0.980. The molecule has 1 aromatic carbocycles. The Bertz CT molecular complexity index is 624. The molecule has 5 nitrogen and oxygen atoms in total. The van der Waals surface area contributed by atoms with Gasteiger partial charge in [0.25, 0.3) is 5.91 Å². The van der Waals surface area contributed by atoms with Crippen LogP contribution < -0.4 is 11.1 Å². The summed E-state index contributed by atoms with van der Waals surface area (Å²) in [4.78, 5) is 27.5. The number of hydrogen-bond acceptors (Lipinski definition) is 3. The van der Waals surface area contributed by atoms with Crippen molar-refractivity contribution >= 4 is 11.8 Å². The van der Waals surface area contributed by atoms with Crippen molar-refractivity contribution in [2.24, 2.45) is 5.73 Å². The van der Waals surface area contributed by atoms with E-state index in [1.54, 1.807) is 18.2 Å². The minimum Gasteiger partial charge on any atom is -0.368 e. The second-order valence-corrected chi connectivity index (χ2v) is 4.83. The van der Waals surface area contributed by atoms with Gasteiger partial charge in [-0.15, -0.1) is 0 Å². The average Bonchev–Trinajstić information content (AvgIpc) is 2.49. The third kappa shape index (κ3) is 4.14. The van der Waals surface area contributed by atoms with Gasteiger partial charge in [0, 0.05) is 12.6 Å². The summed E-state index contributed by atoms with van der Waals surface area (Å²) in [6.45, 7) is 1.98. The highest BCUT2D eigenvalue weighted by Gasteiger charge is 2.19. The van der Waals surface area contributed by atoms with Crippen molar-refractivity contribution in [3.63, 3.8) is 0 Å². The molecule has 3 N–H and O–H groups in total. The molecule has 21 heavy (non-hydrogen) atoms. The van der Waals surface area contributed by atoms with Gasteiger partial charge in [0.05, 0.1) is 0 Å². The van der Waals surface area contributed by atoms with Crippen LogP contribution in [0.2, 0.25) is 0 Å². The second-order valence-electron chi connectivity index (χ2n) is 4.83. The van der Waals surface area contributed by atoms with Crippen molar-refractivity contribution in [3.05, 3.63) is 65.5 Å². The van der Waals surface area contributed by atoms with Crippen LogP contribution in [0.5, 0.6) is 0 Å². The summed E-state index contributed by atoms with van der Waals surface area (Å²) < 4.78 is 0. The van der Waals surface area contributed by atoms with Gasteiger partial charge in [-0.25, -0.2) is 0 Å². The summed E-state index contributed by atoms with van der Waals surface area (Å²) in [5.41, 5.74) is 7.69. The summed E-state index contributed by atoms with van der Waals surface area (Å²) in [5, 5.41) is 2.62. The van der Waals surface area contributed by atoms with Crippen LogP contribution in [0.25, 0.3) is 0 Å². The molecule has 0 radical (unpaired) electrons. The number of aryl methyl sites for hydroxylation is 1. The number of hydrogen-bond donors (Lipinski definition) is 2. The summed E-state index contributed by atoms with van der Waals surface area (Å²) in [6, 6.07) is 12.0. The van der Waals surface area contributed by atoms with Crippen molar-refractivity contribution in [2.45, 2.75) is 19.4 Å². The first-order valence-electron chi connectivity index (χ1n) is 6.63. The molecular formula is C16H17N3O2. The molecule has 2 aromatic rings. The number of nitrogens with two attached hydrogens (primary N) is 1. The molecule has 0 saturated carbocycles. The van der Waals surface area contributed by atoms with E-state index in [2.05, 4.69) is 10.3 Å². The molecule has 0 bridgehead atoms. The smallest absolute Gasteiger partial charge is 0.270 e. The van der Waals surface area contributed by atoms with E-state index >= 15 is 0 Å². The predicted molar refractivity (Wildman–Crippen MR) is 79.6 cm³/mol. The van der Waals surface area contributed by atoms with E-state index in [1.165, 1.54) is 6.20 Å². The van der Waals surface area contributed by atoms with Crippen molar-refractivity contribution in [2.75, 3.05) is 0 Å². The fourth-order valence-electron chi connectivity index (χ4n) is 1.91. The van der Waals surface area contributed by atoms with Gasteiger partial charge in [0.2, 0.25) is 5.91 Å². The van der Waals surface area contributed by atoms with Crippen molar-refractivity contribution in [1.29, 1.82) is 0 Å². The monoisotopic (exact) mass is 283 g/mol. The molecular weight excluding hydrogens is 266 g/mol. The maximum atomic E-state index is 12.0. The van der Waals surface area contributed by atoms with Crippen LogP contribution in [0.4, 0.5) is 0 Å². The SMILES string of the molecule is Cc1ccc(C[C@@H](NC(=O)c2ccccn2)C(N)=O)cc1. The quantitative estimate of drug-likeness (QED) is 0.865. The molecule has 0 saturated heterocycles. The van der Waals surface area contributed by atoms with Crippen LogP contribution in [0.15, 0.2) is 48.7 Å². The minimum atomic E-state index is -0.762. The maximum absolute atomic E-state index is 12.0. The Morgan fingerprint density at radius 2 is 1.90 bits per heavy atom. The first-order valence-corrected chi connectivity index (χ1v) is 6.63. The molecule has 0 aliphatic rings. The van der Waals surface area contributed by atoms with Crippen LogP contribution >= 0.6 is 0 Å². The number of nitrogens with one attached hydrogen (secondary N) is 1. The lowest BCUT2D eigenvalue weighted by Crippen LogP contribution is -2.46. The van der Waals surface area contributed by atoms with E-state index in [4.69, 9.17) is 5.73 Å². The highest BCUT2D eigenvalue weighted by molar-refractivity contribution is 5.95. The normalized spacial score (nSPS) is 11.7. The van der Waals surface area contributed by atoms with Crippen molar-refractivity contribution < 1.29 is 9.59 Å². The average molecular weight is 283 g/mol. The van der Waals surface area contributed by atoms with Gasteiger partial charge < -0.3 is 11.1 Å². The number of nitrogens with zero attached hydrogens (tertiary/aromatic N) is 1. The molecule has 2 amide bonds. The van der Waals surface area contributed by atoms with Gasteiger partial charge in [0.1, 0.15) is 11.7 Å². The molecule has 0 unspecified atom stereocenters. The fourth-order valence-corrected chi connectivity index (χ4v) is 1.91. The third-order valence-electron chi connectivity index (χ3n) is 3.11. The summed E-state index contributed by atoms with van der Waals surface area (Å²) in [7, 11) is 0. The van der Waals surface area contributed by atoms with E-state index in [0.717, 1.165) is 11.1 Å². The van der Waals surface area contributed by atoms with Gasteiger partial charge in [-0.2, -0.15) is 0 Å². The second kappa shape index (κ2) is 6.65. The molecule has 0 aliphatic carbocycles. The Morgan fingerprint density at radius 1 is 1.19 bits per heavy atom. The number of primary amides is 1. The highest BCUT2D eigenvalue weighted by atomic mass is 16.2. The van der Waals surface area contributed by atoms with Crippen molar-refractivity contribution in [1.82, 2.24) is 10.3 Å². The number of aromatic nitrogens is 1. The Labute approximate surface area is 123 Å². The lowest BCUT2D eigenvalue weighted by atomic mass is 10.0. The van der Waals surface area contributed by atoms with Crippen LogP contribution in [0.1, 0.15) is 21.6 Å². The van der Waals surface area contributed by atoms with Crippen molar-refractivity contribution in [3.8, 4) is 0 Å². The Kier molecular flexibility index (Phi) is 4.66. The van der Waals surface area contributed by atoms with Gasteiger partial charge in [-0.05, 0) is 24.6 Å². The molecule has 108 valence electrons. The molecule has 0 aliphatic heterocycles.